The van der Waals surface area contributed by atoms with E-state index in [9.17, 15) is 23.1 Å². The van der Waals surface area contributed by atoms with Crippen LogP contribution in [-0.2, 0) is 10.3 Å². The van der Waals surface area contributed by atoms with Gasteiger partial charge in [0.25, 0.3) is 0 Å². The van der Waals surface area contributed by atoms with Gasteiger partial charge in [-0.15, -0.1) is 0 Å². The largest absolute Gasteiger partial charge is 0.393 e. The maximum Gasteiger partial charge on any atom is 0.393 e. The van der Waals surface area contributed by atoms with E-state index in [2.05, 4.69) is 25.6 Å². The van der Waals surface area contributed by atoms with Crippen molar-refractivity contribution in [3.05, 3.63) is 30.2 Å². The van der Waals surface area contributed by atoms with E-state index in [1.54, 1.807) is 19.9 Å². The van der Waals surface area contributed by atoms with E-state index >= 15 is 0 Å². The van der Waals surface area contributed by atoms with Crippen molar-refractivity contribution in [2.75, 3.05) is 13.1 Å². The highest BCUT2D eigenvalue weighted by Crippen LogP contribution is 2.40. The number of piperidine rings is 1. The van der Waals surface area contributed by atoms with Crippen LogP contribution in [0.25, 0.3) is 11.2 Å². The average Bonchev–Trinajstić information content (AvgIpc) is 2.66. The number of alkyl halides is 3. The van der Waals surface area contributed by atoms with Crippen LogP contribution in [0, 0.1) is 11.8 Å². The number of aromatic nitrogens is 3. The van der Waals surface area contributed by atoms with Crippen molar-refractivity contribution < 1.29 is 23.1 Å². The van der Waals surface area contributed by atoms with Crippen molar-refractivity contribution in [2.45, 2.75) is 38.1 Å². The number of carbonyl (C=O) groups is 1. The number of nitrogens with one attached hydrogen (secondary N) is 2. The van der Waals surface area contributed by atoms with Gasteiger partial charge < -0.3 is 15.7 Å². The van der Waals surface area contributed by atoms with E-state index in [4.69, 9.17) is 0 Å². The molecule has 1 amide bonds. The lowest BCUT2D eigenvalue weighted by atomic mass is 9.77. The van der Waals surface area contributed by atoms with Crippen LogP contribution in [0.1, 0.15) is 25.8 Å². The molecule has 0 unspecified atom stereocenters. The number of hydrogen-bond acceptors (Lipinski definition) is 6. The molecule has 1 fully saturated rings. The Kier molecular flexibility index (Phi) is 5.53. The van der Waals surface area contributed by atoms with E-state index in [0.29, 0.717) is 11.1 Å². The predicted octanol–water partition coefficient (Wildman–Crippen LogP) is 1.52. The molecule has 0 spiro atoms. The smallest absolute Gasteiger partial charge is 0.383 e. The Hall–Kier alpha value is -2.33. The zero-order chi connectivity index (χ0) is 20.5. The highest BCUT2D eigenvalue weighted by molar-refractivity contribution is 5.83. The molecule has 1 saturated heterocycles. The fourth-order valence-electron chi connectivity index (χ4n) is 3.50. The lowest BCUT2D eigenvalue weighted by Crippen LogP contribution is -2.61. The Bertz CT molecular complexity index is 855. The number of carbonyl (C=O) groups excluding carboxylic acids is 1. The maximum absolute atomic E-state index is 13.5. The number of fused-ring (bicyclic) bond motifs is 1. The fraction of sp³-hybridized carbons (Fsp3) is 0.556. The summed E-state index contributed by atoms with van der Waals surface area (Å²) >= 11 is 0. The Morgan fingerprint density at radius 2 is 1.96 bits per heavy atom. The first-order valence-electron chi connectivity index (χ1n) is 8.98. The number of nitrogens with zero attached hydrogens (tertiary/aromatic N) is 3. The molecule has 0 aliphatic carbocycles. The molecule has 3 rings (SSSR count). The summed E-state index contributed by atoms with van der Waals surface area (Å²) in [6.07, 6.45) is -1.88. The molecule has 10 heteroatoms. The van der Waals surface area contributed by atoms with Crippen LogP contribution < -0.4 is 10.6 Å². The Labute approximate surface area is 159 Å². The number of amides is 1. The molecule has 0 aromatic carbocycles. The number of aliphatic hydroxyl groups is 1. The summed E-state index contributed by atoms with van der Waals surface area (Å²) in [6.45, 7) is 3.12. The fourth-order valence-corrected chi connectivity index (χ4v) is 3.50. The van der Waals surface area contributed by atoms with Crippen molar-refractivity contribution in [3.63, 3.8) is 0 Å². The van der Waals surface area contributed by atoms with Crippen molar-refractivity contribution in [1.29, 1.82) is 0 Å². The van der Waals surface area contributed by atoms with Gasteiger partial charge in [-0.25, -0.2) is 9.97 Å². The summed E-state index contributed by atoms with van der Waals surface area (Å²) in [5, 5.41) is 15.6. The molecule has 7 nitrogen and oxygen atoms in total. The van der Waals surface area contributed by atoms with Gasteiger partial charge >= 0.3 is 6.18 Å². The number of aliphatic hydroxyl groups excluding tert-OH is 1. The van der Waals surface area contributed by atoms with E-state index in [-0.39, 0.29) is 31.1 Å². The van der Waals surface area contributed by atoms with Crippen LogP contribution >= 0.6 is 0 Å². The Morgan fingerprint density at radius 1 is 1.29 bits per heavy atom. The van der Waals surface area contributed by atoms with Crippen molar-refractivity contribution in [3.8, 4) is 0 Å². The summed E-state index contributed by atoms with van der Waals surface area (Å²) in [7, 11) is 0. The standard InChI is InChI=1S/C18H22F3N5O2/c1-10(2)14(27)16(28)26-17(7-11(8-22-9-17)18(19,20)21)12-3-4-24-15-13(12)23-5-6-25-15/h3-6,10-11,14,22,27H,7-9H2,1-2H3,(H,26,28)/t11-,14+,17-/m1/s1. The molecule has 0 bridgehead atoms. The van der Waals surface area contributed by atoms with E-state index in [1.165, 1.54) is 18.6 Å². The van der Waals surface area contributed by atoms with E-state index in [0.717, 1.165) is 0 Å². The van der Waals surface area contributed by atoms with E-state index in [1.807, 2.05) is 0 Å². The summed E-state index contributed by atoms with van der Waals surface area (Å²) in [5.41, 5.74) is -0.444. The molecule has 3 heterocycles. The summed E-state index contributed by atoms with van der Waals surface area (Å²) in [5.74, 6) is -2.79. The maximum atomic E-state index is 13.5. The third-order valence-electron chi connectivity index (χ3n) is 5.03. The number of pyridine rings is 1. The van der Waals surface area contributed by atoms with Crippen molar-refractivity contribution in [1.82, 2.24) is 25.6 Å². The SMILES string of the molecule is CC(C)[C@H](O)C(=O)N[C@@]1(c2ccnc3nccnc23)CNC[C@H](C(F)(F)F)C1. The summed E-state index contributed by atoms with van der Waals surface area (Å²) < 4.78 is 40.5. The monoisotopic (exact) mass is 397 g/mol. The quantitative estimate of drug-likeness (QED) is 0.724. The first kappa shape index (κ1) is 20.4. The number of hydrogen-bond donors (Lipinski definition) is 3. The number of halogens is 3. The molecular weight excluding hydrogens is 375 g/mol. The second-order valence-corrected chi connectivity index (χ2v) is 7.42. The van der Waals surface area contributed by atoms with Crippen LogP contribution in [0.15, 0.2) is 24.7 Å². The van der Waals surface area contributed by atoms with Crippen LogP contribution in [0.2, 0.25) is 0 Å². The number of rotatable bonds is 4. The normalized spacial score (nSPS) is 24.3. The van der Waals surface area contributed by atoms with Gasteiger partial charge in [0.2, 0.25) is 5.91 Å². The first-order chi connectivity index (χ1) is 13.1. The highest BCUT2D eigenvalue weighted by Gasteiger charge is 2.50. The molecule has 1 aliphatic heterocycles. The van der Waals surface area contributed by atoms with Gasteiger partial charge in [0, 0.05) is 37.2 Å². The van der Waals surface area contributed by atoms with Crippen LogP contribution in [0.3, 0.4) is 0 Å². The summed E-state index contributed by atoms with van der Waals surface area (Å²) in [4.78, 5) is 25.0. The molecule has 0 saturated carbocycles. The van der Waals surface area contributed by atoms with Gasteiger partial charge in [-0.05, 0) is 18.4 Å². The molecule has 2 aromatic rings. The molecule has 3 N–H and O–H groups in total. The third-order valence-corrected chi connectivity index (χ3v) is 5.03. The van der Waals surface area contributed by atoms with Gasteiger partial charge in [-0.3, -0.25) is 9.78 Å². The van der Waals surface area contributed by atoms with Gasteiger partial charge in [0.05, 0.1) is 11.5 Å². The van der Waals surface area contributed by atoms with Gasteiger partial charge in [0.1, 0.15) is 11.6 Å². The minimum absolute atomic E-state index is 0.0613. The van der Waals surface area contributed by atoms with E-state index < -0.39 is 29.6 Å². The molecular formula is C18H22F3N5O2. The molecule has 2 aromatic heterocycles. The van der Waals surface area contributed by atoms with Gasteiger partial charge in [-0.2, -0.15) is 13.2 Å². The first-order valence-corrected chi connectivity index (χ1v) is 8.98. The molecule has 152 valence electrons. The zero-order valence-electron chi connectivity index (χ0n) is 15.5. The van der Waals surface area contributed by atoms with Crippen LogP contribution in [0.4, 0.5) is 13.2 Å². The topological polar surface area (TPSA) is 100 Å². The van der Waals surface area contributed by atoms with Crippen molar-refractivity contribution in [2.24, 2.45) is 11.8 Å². The Balaban J connectivity index is 2.10. The Morgan fingerprint density at radius 3 is 2.64 bits per heavy atom. The minimum atomic E-state index is -4.44. The van der Waals surface area contributed by atoms with Crippen LogP contribution in [-0.4, -0.2) is 51.3 Å². The molecule has 28 heavy (non-hydrogen) atoms. The second kappa shape index (κ2) is 7.59. The highest BCUT2D eigenvalue weighted by atomic mass is 19.4. The predicted molar refractivity (Wildman–Crippen MR) is 95.0 cm³/mol. The lowest BCUT2D eigenvalue weighted by molar-refractivity contribution is -0.185. The minimum Gasteiger partial charge on any atom is -0.383 e. The average molecular weight is 397 g/mol. The molecule has 3 atom stereocenters. The molecule has 0 radical (unpaired) electrons. The lowest BCUT2D eigenvalue weighted by Gasteiger charge is -2.43. The van der Waals surface area contributed by atoms with Gasteiger partial charge in [0.15, 0.2) is 5.65 Å². The summed E-state index contributed by atoms with van der Waals surface area (Å²) in [6, 6.07) is 1.54. The van der Waals surface area contributed by atoms with Crippen LogP contribution in [0.5, 0.6) is 0 Å². The molecule has 1 aliphatic rings. The third kappa shape index (κ3) is 3.93. The van der Waals surface area contributed by atoms with Crippen molar-refractivity contribution >= 4 is 17.1 Å². The van der Waals surface area contributed by atoms with Gasteiger partial charge in [-0.1, -0.05) is 13.8 Å². The second-order valence-electron chi connectivity index (χ2n) is 7.42. The zero-order valence-corrected chi connectivity index (χ0v) is 15.5.